The average molecular weight is 283 g/mol. The fourth-order valence-corrected chi connectivity index (χ4v) is 2.94. The molecule has 1 heterocycles. The van der Waals surface area contributed by atoms with E-state index in [1.807, 2.05) is 0 Å². The smallest absolute Gasteiger partial charge is 0.252 e. The lowest BCUT2D eigenvalue weighted by Gasteiger charge is -2.11. The molecule has 1 aromatic rings. The van der Waals surface area contributed by atoms with E-state index in [1.165, 1.54) is 12.1 Å². The van der Waals surface area contributed by atoms with Crippen LogP contribution in [0.5, 0.6) is 0 Å². The Morgan fingerprint density at radius 1 is 1.42 bits per heavy atom. The number of benzene rings is 1. The predicted molar refractivity (Wildman–Crippen MR) is 70.8 cm³/mol. The molecule has 1 aromatic carbocycles. The summed E-state index contributed by atoms with van der Waals surface area (Å²) in [5, 5.41) is 2.77. The van der Waals surface area contributed by atoms with E-state index < -0.39 is 9.84 Å². The van der Waals surface area contributed by atoms with Crippen molar-refractivity contribution in [1.82, 2.24) is 5.32 Å². The summed E-state index contributed by atoms with van der Waals surface area (Å²) in [6.07, 6.45) is 2.03. The highest BCUT2D eigenvalue weighted by Gasteiger charge is 2.20. The predicted octanol–water partition coefficient (Wildman–Crippen LogP) is 0.856. The number of hydrogen-bond donors (Lipinski definition) is 1. The van der Waals surface area contributed by atoms with Crippen molar-refractivity contribution in [2.45, 2.75) is 11.3 Å². The molecular weight excluding hydrogens is 266 g/mol. The molecule has 1 aliphatic heterocycles. The molecule has 1 atom stereocenters. The van der Waals surface area contributed by atoms with Crippen LogP contribution in [0.3, 0.4) is 0 Å². The SMILES string of the molecule is CS(=O)(=O)c1ccccc1C(=O)NC[C@H]1CCOC1. The van der Waals surface area contributed by atoms with Crippen LogP contribution in [-0.4, -0.2) is 40.3 Å². The van der Waals surface area contributed by atoms with Crippen LogP contribution in [0, 0.1) is 5.92 Å². The summed E-state index contributed by atoms with van der Waals surface area (Å²) in [5.41, 5.74) is 0.198. The standard InChI is InChI=1S/C13H17NO4S/c1-19(16,17)12-5-3-2-4-11(12)13(15)14-8-10-6-7-18-9-10/h2-5,10H,6-9H2,1H3,(H,14,15)/t10-/m1/s1. The first kappa shape index (κ1) is 14.0. The van der Waals surface area contributed by atoms with Gasteiger partial charge in [0.05, 0.1) is 17.1 Å². The van der Waals surface area contributed by atoms with Gasteiger partial charge in [-0.15, -0.1) is 0 Å². The van der Waals surface area contributed by atoms with Crippen LogP contribution >= 0.6 is 0 Å². The van der Waals surface area contributed by atoms with Crippen molar-refractivity contribution >= 4 is 15.7 Å². The first-order chi connectivity index (χ1) is 8.98. The van der Waals surface area contributed by atoms with Gasteiger partial charge < -0.3 is 10.1 Å². The molecule has 0 saturated carbocycles. The first-order valence-electron chi connectivity index (χ1n) is 6.13. The third-order valence-electron chi connectivity index (χ3n) is 3.11. The second-order valence-corrected chi connectivity index (χ2v) is 6.69. The number of carbonyl (C=O) groups excluding carboxylic acids is 1. The van der Waals surface area contributed by atoms with Crippen molar-refractivity contribution in [2.24, 2.45) is 5.92 Å². The maximum Gasteiger partial charge on any atom is 0.252 e. The van der Waals surface area contributed by atoms with E-state index in [-0.39, 0.29) is 16.4 Å². The lowest BCUT2D eigenvalue weighted by atomic mass is 10.1. The molecule has 1 fully saturated rings. The third-order valence-corrected chi connectivity index (χ3v) is 4.26. The monoisotopic (exact) mass is 283 g/mol. The molecular formula is C13H17NO4S. The highest BCUT2D eigenvalue weighted by Crippen LogP contribution is 2.16. The Morgan fingerprint density at radius 2 is 2.16 bits per heavy atom. The number of ether oxygens (including phenoxy) is 1. The minimum absolute atomic E-state index is 0.0650. The topological polar surface area (TPSA) is 72.5 Å². The van der Waals surface area contributed by atoms with Crippen LogP contribution < -0.4 is 5.32 Å². The van der Waals surface area contributed by atoms with Gasteiger partial charge in [0.25, 0.3) is 5.91 Å². The normalized spacial score (nSPS) is 19.3. The van der Waals surface area contributed by atoms with Crippen molar-refractivity contribution < 1.29 is 17.9 Å². The number of amides is 1. The van der Waals surface area contributed by atoms with E-state index in [4.69, 9.17) is 4.74 Å². The lowest BCUT2D eigenvalue weighted by molar-refractivity contribution is 0.0941. The van der Waals surface area contributed by atoms with Gasteiger partial charge in [-0.2, -0.15) is 0 Å². The number of hydrogen-bond acceptors (Lipinski definition) is 4. The molecule has 0 bridgehead atoms. The molecule has 19 heavy (non-hydrogen) atoms. The van der Waals surface area contributed by atoms with Gasteiger partial charge in [-0.25, -0.2) is 8.42 Å². The second kappa shape index (κ2) is 5.71. The quantitative estimate of drug-likeness (QED) is 0.889. The Balaban J connectivity index is 2.10. The zero-order valence-electron chi connectivity index (χ0n) is 10.8. The molecule has 1 aliphatic rings. The van der Waals surface area contributed by atoms with Crippen molar-refractivity contribution in [3.8, 4) is 0 Å². The average Bonchev–Trinajstić information content (AvgIpc) is 2.88. The van der Waals surface area contributed by atoms with Gasteiger partial charge in [0.15, 0.2) is 9.84 Å². The Morgan fingerprint density at radius 3 is 2.79 bits per heavy atom. The summed E-state index contributed by atoms with van der Waals surface area (Å²) >= 11 is 0. The summed E-state index contributed by atoms with van der Waals surface area (Å²) < 4.78 is 28.5. The van der Waals surface area contributed by atoms with Gasteiger partial charge in [0, 0.05) is 25.3 Å². The van der Waals surface area contributed by atoms with Crippen LogP contribution in [-0.2, 0) is 14.6 Å². The lowest BCUT2D eigenvalue weighted by Crippen LogP contribution is -2.30. The summed E-state index contributed by atoms with van der Waals surface area (Å²) in [7, 11) is -3.40. The highest BCUT2D eigenvalue weighted by molar-refractivity contribution is 7.90. The zero-order valence-corrected chi connectivity index (χ0v) is 11.6. The summed E-state index contributed by atoms with van der Waals surface area (Å²) in [5.74, 6) is -0.0396. The van der Waals surface area contributed by atoms with E-state index in [1.54, 1.807) is 12.1 Å². The molecule has 1 saturated heterocycles. The van der Waals surface area contributed by atoms with E-state index in [2.05, 4.69) is 5.32 Å². The van der Waals surface area contributed by atoms with E-state index in [0.717, 1.165) is 19.3 Å². The van der Waals surface area contributed by atoms with Crippen LogP contribution in [0.15, 0.2) is 29.2 Å². The molecule has 1 N–H and O–H groups in total. The molecule has 1 amide bonds. The number of carbonyl (C=O) groups is 1. The fraction of sp³-hybridized carbons (Fsp3) is 0.462. The number of rotatable bonds is 4. The minimum atomic E-state index is -3.40. The second-order valence-electron chi connectivity index (χ2n) is 4.71. The molecule has 2 rings (SSSR count). The van der Waals surface area contributed by atoms with Gasteiger partial charge in [-0.1, -0.05) is 12.1 Å². The van der Waals surface area contributed by atoms with E-state index in [0.29, 0.717) is 19.1 Å². The van der Waals surface area contributed by atoms with Crippen molar-refractivity contribution in [1.29, 1.82) is 0 Å². The maximum absolute atomic E-state index is 12.1. The van der Waals surface area contributed by atoms with E-state index >= 15 is 0 Å². The van der Waals surface area contributed by atoms with Gasteiger partial charge in [0.1, 0.15) is 0 Å². The maximum atomic E-state index is 12.1. The Hall–Kier alpha value is -1.40. The molecule has 0 aromatic heterocycles. The van der Waals surface area contributed by atoms with Crippen molar-refractivity contribution in [3.05, 3.63) is 29.8 Å². The Kier molecular flexibility index (Phi) is 4.21. The van der Waals surface area contributed by atoms with Gasteiger partial charge >= 0.3 is 0 Å². The first-order valence-corrected chi connectivity index (χ1v) is 8.02. The minimum Gasteiger partial charge on any atom is -0.381 e. The molecule has 6 heteroatoms. The molecule has 0 unspecified atom stereocenters. The summed E-state index contributed by atoms with van der Waals surface area (Å²) in [4.78, 5) is 12.1. The highest BCUT2D eigenvalue weighted by atomic mass is 32.2. The van der Waals surface area contributed by atoms with Gasteiger partial charge in [-0.05, 0) is 18.6 Å². The molecule has 0 aliphatic carbocycles. The zero-order chi connectivity index (χ0) is 13.9. The van der Waals surface area contributed by atoms with E-state index in [9.17, 15) is 13.2 Å². The largest absolute Gasteiger partial charge is 0.381 e. The Labute approximate surface area is 112 Å². The molecule has 5 nitrogen and oxygen atoms in total. The van der Waals surface area contributed by atoms with Gasteiger partial charge in [0.2, 0.25) is 0 Å². The van der Waals surface area contributed by atoms with Crippen LogP contribution in [0.2, 0.25) is 0 Å². The molecule has 0 radical (unpaired) electrons. The van der Waals surface area contributed by atoms with Crippen molar-refractivity contribution in [3.63, 3.8) is 0 Å². The Bertz CT molecular complexity index is 562. The van der Waals surface area contributed by atoms with Crippen LogP contribution in [0.4, 0.5) is 0 Å². The van der Waals surface area contributed by atoms with Crippen molar-refractivity contribution in [2.75, 3.05) is 26.0 Å². The number of nitrogens with one attached hydrogen (secondary N) is 1. The van der Waals surface area contributed by atoms with Crippen LogP contribution in [0.25, 0.3) is 0 Å². The van der Waals surface area contributed by atoms with Crippen LogP contribution in [0.1, 0.15) is 16.8 Å². The molecule has 0 spiro atoms. The molecule has 104 valence electrons. The number of sulfone groups is 1. The summed E-state index contributed by atoms with van der Waals surface area (Å²) in [6.45, 7) is 1.88. The van der Waals surface area contributed by atoms with Gasteiger partial charge in [-0.3, -0.25) is 4.79 Å². The summed E-state index contributed by atoms with van der Waals surface area (Å²) in [6, 6.07) is 6.24. The third kappa shape index (κ3) is 3.54. The fourth-order valence-electron chi connectivity index (χ4n) is 2.05.